The van der Waals surface area contributed by atoms with E-state index in [0.717, 1.165) is 40.9 Å². The van der Waals surface area contributed by atoms with Crippen LogP contribution in [-0.4, -0.2) is 30.4 Å². The summed E-state index contributed by atoms with van der Waals surface area (Å²) in [5.74, 6) is 0.909. The van der Waals surface area contributed by atoms with Gasteiger partial charge in [-0.1, -0.05) is 17.7 Å². The second-order valence-corrected chi connectivity index (χ2v) is 8.00. The molecule has 1 fully saturated rings. The normalized spacial score (nSPS) is 13.7. The van der Waals surface area contributed by atoms with E-state index in [1.807, 2.05) is 43.5 Å². The van der Waals surface area contributed by atoms with Crippen LogP contribution in [0.25, 0.3) is 22.4 Å². The topological polar surface area (TPSA) is 74.8 Å². The Morgan fingerprint density at radius 1 is 1.07 bits per heavy atom. The number of rotatable bonds is 4. The van der Waals surface area contributed by atoms with Crippen LogP contribution in [0.3, 0.4) is 0 Å². The van der Waals surface area contributed by atoms with Crippen LogP contribution in [0.4, 0.5) is 0 Å². The highest BCUT2D eigenvalue weighted by Gasteiger charge is 2.26. The Bertz CT molecular complexity index is 1340. The number of ether oxygens (including phenoxy) is 1. The van der Waals surface area contributed by atoms with Crippen LogP contribution in [0, 0.1) is 20.8 Å². The highest BCUT2D eigenvalue weighted by Crippen LogP contribution is 2.37. The molecule has 1 saturated carbocycles. The van der Waals surface area contributed by atoms with Gasteiger partial charge in [0.1, 0.15) is 10.8 Å². The summed E-state index contributed by atoms with van der Waals surface area (Å²) in [6, 6.07) is 5.72. The van der Waals surface area contributed by atoms with E-state index in [9.17, 15) is 4.79 Å². The van der Waals surface area contributed by atoms with Crippen molar-refractivity contribution in [2.24, 2.45) is 0 Å². The predicted octanol–water partition coefficient (Wildman–Crippen LogP) is 4.09. The van der Waals surface area contributed by atoms with Gasteiger partial charge in [-0.15, -0.1) is 0 Å². The number of halogens is 1. The number of fused-ring (bicyclic) bond motifs is 1. The Morgan fingerprint density at radius 2 is 1.80 bits per heavy atom. The zero-order valence-electron chi connectivity index (χ0n) is 16.9. The largest absolute Gasteiger partial charge is 0.489 e. The summed E-state index contributed by atoms with van der Waals surface area (Å²) in [4.78, 5) is 21.8. The van der Waals surface area contributed by atoms with Gasteiger partial charge in [-0.3, -0.25) is 4.79 Å². The van der Waals surface area contributed by atoms with Crippen molar-refractivity contribution in [3.63, 3.8) is 0 Å². The average molecular weight is 422 g/mol. The summed E-state index contributed by atoms with van der Waals surface area (Å²) >= 11 is 6.70. The third kappa shape index (κ3) is 2.97. The van der Waals surface area contributed by atoms with Crippen molar-refractivity contribution in [1.82, 2.24) is 24.3 Å². The molecule has 3 aromatic heterocycles. The molecule has 0 spiro atoms. The van der Waals surface area contributed by atoms with Gasteiger partial charge in [-0.05, 0) is 51.3 Å². The molecule has 1 aliphatic rings. The van der Waals surface area contributed by atoms with Gasteiger partial charge in [-0.25, -0.2) is 9.97 Å². The Labute approximate surface area is 177 Å². The first-order valence-electron chi connectivity index (χ1n) is 9.80. The van der Waals surface area contributed by atoms with Crippen LogP contribution in [0.5, 0.6) is 5.75 Å². The van der Waals surface area contributed by atoms with E-state index in [1.54, 1.807) is 18.6 Å². The molecule has 152 valence electrons. The molecular formula is C22H20ClN5O2. The standard InChI is InChI=1S/C22H20ClN5O2/c1-12-9-24-22(25-10-12)28-21(29)19-14(3)27(13(2)16(19)11-26-28)17-5-4-6-18(20(17)23)30-15-7-8-15/h4-6,9-11,15H,7-8H2,1-3H3. The van der Waals surface area contributed by atoms with E-state index in [2.05, 4.69) is 15.1 Å². The van der Waals surface area contributed by atoms with Crippen molar-refractivity contribution >= 4 is 22.4 Å². The zero-order chi connectivity index (χ0) is 21.0. The van der Waals surface area contributed by atoms with Crippen LogP contribution < -0.4 is 10.3 Å². The molecule has 0 amide bonds. The average Bonchev–Trinajstić information content (AvgIpc) is 3.51. The summed E-state index contributed by atoms with van der Waals surface area (Å²) in [5.41, 5.74) is 3.08. The van der Waals surface area contributed by atoms with Crippen LogP contribution in [0.1, 0.15) is 29.8 Å². The van der Waals surface area contributed by atoms with E-state index in [4.69, 9.17) is 16.3 Å². The van der Waals surface area contributed by atoms with Gasteiger partial charge in [0, 0.05) is 29.2 Å². The first kappa shape index (κ1) is 18.8. The Hall–Kier alpha value is -3.19. The molecule has 3 heterocycles. The van der Waals surface area contributed by atoms with Crippen molar-refractivity contribution in [2.45, 2.75) is 39.7 Å². The molecule has 7 nitrogen and oxygen atoms in total. The molecular weight excluding hydrogens is 402 g/mol. The van der Waals surface area contributed by atoms with Crippen molar-refractivity contribution in [3.05, 3.63) is 69.1 Å². The molecule has 0 saturated heterocycles. The molecule has 8 heteroatoms. The van der Waals surface area contributed by atoms with E-state index in [0.29, 0.717) is 16.2 Å². The monoisotopic (exact) mass is 421 g/mol. The highest BCUT2D eigenvalue weighted by atomic mass is 35.5. The predicted molar refractivity (Wildman–Crippen MR) is 115 cm³/mol. The van der Waals surface area contributed by atoms with Crippen LogP contribution in [-0.2, 0) is 0 Å². The summed E-state index contributed by atoms with van der Waals surface area (Å²) in [6.07, 6.45) is 7.35. The summed E-state index contributed by atoms with van der Waals surface area (Å²) in [7, 11) is 0. The SMILES string of the molecule is Cc1cnc(-n2ncc3c(C)n(-c4cccc(OC5CC5)c4Cl)c(C)c3c2=O)nc1. The molecule has 0 bridgehead atoms. The van der Waals surface area contributed by atoms with Crippen molar-refractivity contribution in [1.29, 1.82) is 0 Å². The van der Waals surface area contributed by atoms with Crippen molar-refractivity contribution in [3.8, 4) is 17.4 Å². The maximum absolute atomic E-state index is 13.3. The van der Waals surface area contributed by atoms with Gasteiger partial charge < -0.3 is 9.30 Å². The van der Waals surface area contributed by atoms with Gasteiger partial charge in [0.05, 0.1) is 23.4 Å². The minimum absolute atomic E-state index is 0.245. The summed E-state index contributed by atoms with van der Waals surface area (Å²) < 4.78 is 9.15. The first-order chi connectivity index (χ1) is 14.5. The maximum Gasteiger partial charge on any atom is 0.283 e. The lowest BCUT2D eigenvalue weighted by atomic mass is 10.2. The number of aryl methyl sites for hydroxylation is 3. The molecule has 0 unspecified atom stereocenters. The zero-order valence-corrected chi connectivity index (χ0v) is 17.6. The molecule has 0 aliphatic heterocycles. The third-order valence-corrected chi connectivity index (χ3v) is 5.74. The fourth-order valence-corrected chi connectivity index (χ4v) is 3.94. The Kier molecular flexibility index (Phi) is 4.36. The minimum atomic E-state index is -0.266. The summed E-state index contributed by atoms with van der Waals surface area (Å²) in [5, 5.41) is 6.18. The number of nitrogens with zero attached hydrogens (tertiary/aromatic N) is 5. The van der Waals surface area contributed by atoms with Crippen molar-refractivity contribution < 1.29 is 4.74 Å². The second-order valence-electron chi connectivity index (χ2n) is 7.62. The van der Waals surface area contributed by atoms with Gasteiger partial charge in [0.25, 0.3) is 11.5 Å². The van der Waals surface area contributed by atoms with E-state index in [-0.39, 0.29) is 17.6 Å². The maximum atomic E-state index is 13.3. The van der Waals surface area contributed by atoms with Crippen LogP contribution in [0.2, 0.25) is 5.02 Å². The molecule has 0 N–H and O–H groups in total. The lowest BCUT2D eigenvalue weighted by Gasteiger charge is -2.14. The van der Waals surface area contributed by atoms with E-state index in [1.165, 1.54) is 4.68 Å². The van der Waals surface area contributed by atoms with E-state index < -0.39 is 0 Å². The Balaban J connectivity index is 1.70. The molecule has 30 heavy (non-hydrogen) atoms. The summed E-state index contributed by atoms with van der Waals surface area (Å²) in [6.45, 7) is 5.75. The molecule has 0 radical (unpaired) electrons. The lowest BCUT2D eigenvalue weighted by Crippen LogP contribution is -2.23. The molecule has 1 aromatic carbocycles. The second kappa shape index (κ2) is 6.95. The van der Waals surface area contributed by atoms with Gasteiger partial charge in [-0.2, -0.15) is 9.78 Å². The quantitative estimate of drug-likeness (QED) is 0.496. The minimum Gasteiger partial charge on any atom is -0.489 e. The highest BCUT2D eigenvalue weighted by molar-refractivity contribution is 6.34. The van der Waals surface area contributed by atoms with Gasteiger partial charge in [0.2, 0.25) is 0 Å². The molecule has 5 rings (SSSR count). The number of aromatic nitrogens is 5. The Morgan fingerprint density at radius 3 is 2.50 bits per heavy atom. The third-order valence-electron chi connectivity index (χ3n) is 5.36. The molecule has 4 aromatic rings. The molecule has 1 aliphatic carbocycles. The van der Waals surface area contributed by atoms with Crippen LogP contribution >= 0.6 is 11.6 Å². The fourth-order valence-electron chi connectivity index (χ4n) is 3.69. The number of hydrogen-bond donors (Lipinski definition) is 0. The van der Waals surface area contributed by atoms with E-state index >= 15 is 0 Å². The lowest BCUT2D eigenvalue weighted by molar-refractivity contribution is 0.303. The van der Waals surface area contributed by atoms with Crippen molar-refractivity contribution in [2.75, 3.05) is 0 Å². The fraction of sp³-hybridized carbons (Fsp3) is 0.273. The van der Waals surface area contributed by atoms with Gasteiger partial charge in [0.15, 0.2) is 0 Å². The number of hydrogen-bond acceptors (Lipinski definition) is 5. The van der Waals surface area contributed by atoms with Crippen LogP contribution in [0.15, 0.2) is 41.6 Å². The van der Waals surface area contributed by atoms with Gasteiger partial charge >= 0.3 is 0 Å². The number of benzene rings is 1. The first-order valence-corrected chi connectivity index (χ1v) is 10.2. The smallest absolute Gasteiger partial charge is 0.283 e. The molecule has 0 atom stereocenters.